The largest absolute Gasteiger partial charge is 0.305 e. The lowest BCUT2D eigenvalue weighted by Crippen LogP contribution is -2.42. The first-order chi connectivity index (χ1) is 9.04. The lowest BCUT2D eigenvalue weighted by Gasteiger charge is -2.30. The van der Waals surface area contributed by atoms with Gasteiger partial charge in [-0.1, -0.05) is 6.42 Å². The maximum Gasteiger partial charge on any atom is 0.244 e. The van der Waals surface area contributed by atoms with E-state index < -0.39 is 0 Å². The number of carbonyl (C=O) groups is 2. The van der Waals surface area contributed by atoms with Crippen molar-refractivity contribution in [2.75, 3.05) is 33.2 Å². The Balaban J connectivity index is 1.61. The fraction of sp³-hybridized carbons (Fsp3) is 0.857. The zero-order chi connectivity index (χ0) is 13.3. The fourth-order valence-corrected chi connectivity index (χ4v) is 5.36. The molecule has 0 radical (unpaired) electrons. The van der Waals surface area contributed by atoms with Crippen LogP contribution >= 0.6 is 0 Å². The van der Waals surface area contributed by atoms with Gasteiger partial charge in [0.2, 0.25) is 11.8 Å². The summed E-state index contributed by atoms with van der Waals surface area (Å²) < 4.78 is 0. The summed E-state index contributed by atoms with van der Waals surface area (Å²) in [5.41, 5.74) is 0.765. The van der Waals surface area contributed by atoms with Crippen LogP contribution in [0.1, 0.15) is 25.7 Å². The zero-order valence-corrected chi connectivity index (χ0v) is 11.4. The summed E-state index contributed by atoms with van der Waals surface area (Å²) in [4.78, 5) is 28.0. The molecule has 2 amide bonds. The number of rotatable bonds is 1. The van der Waals surface area contributed by atoms with Crippen LogP contribution in [0, 0.1) is 10.8 Å². The molecule has 3 unspecified atom stereocenters. The minimum atomic E-state index is -0.199. The van der Waals surface area contributed by atoms with Crippen LogP contribution in [0.4, 0.5) is 0 Å². The second kappa shape index (κ2) is 3.58. The van der Waals surface area contributed by atoms with Gasteiger partial charge in [0.1, 0.15) is 0 Å². The summed E-state index contributed by atoms with van der Waals surface area (Å²) in [5, 5.41) is 2.45. The molecule has 4 rings (SSSR count). The molecular formula is C14H21N3O2. The lowest BCUT2D eigenvalue weighted by atomic mass is 9.71. The van der Waals surface area contributed by atoms with Crippen LogP contribution in [0.2, 0.25) is 0 Å². The summed E-state index contributed by atoms with van der Waals surface area (Å²) in [7, 11) is 2.21. The van der Waals surface area contributed by atoms with Gasteiger partial charge in [0.05, 0.1) is 12.5 Å². The van der Waals surface area contributed by atoms with Crippen LogP contribution in [0.5, 0.6) is 0 Å². The molecule has 0 aromatic rings. The number of carbonyl (C=O) groups excluding carboxylic acids is 2. The van der Waals surface area contributed by atoms with Crippen molar-refractivity contribution < 1.29 is 9.59 Å². The number of hydrogen-bond donors (Lipinski definition) is 1. The SMILES string of the molecule is CN1CC23CCCC2(C1)CN(C1CC(=O)NC1=O)C3. The van der Waals surface area contributed by atoms with E-state index in [4.69, 9.17) is 0 Å². The van der Waals surface area contributed by atoms with Crippen LogP contribution in [0.3, 0.4) is 0 Å². The number of amides is 2. The highest BCUT2D eigenvalue weighted by atomic mass is 16.2. The van der Waals surface area contributed by atoms with E-state index >= 15 is 0 Å². The normalized spacial score (nSPS) is 46.7. The number of hydrogen-bond acceptors (Lipinski definition) is 4. The van der Waals surface area contributed by atoms with E-state index in [2.05, 4.69) is 22.2 Å². The van der Waals surface area contributed by atoms with Gasteiger partial charge in [0.25, 0.3) is 0 Å². The Bertz CT molecular complexity index is 444. The number of nitrogens with one attached hydrogen (secondary N) is 1. The first-order valence-corrected chi connectivity index (χ1v) is 7.30. The summed E-state index contributed by atoms with van der Waals surface area (Å²) in [6, 6.07) is -0.199. The molecule has 0 spiro atoms. The molecule has 1 N–H and O–H groups in total. The molecule has 3 atom stereocenters. The minimum Gasteiger partial charge on any atom is -0.305 e. The Kier molecular flexibility index (Phi) is 2.23. The third-order valence-electron chi connectivity index (χ3n) is 5.98. The van der Waals surface area contributed by atoms with Gasteiger partial charge in [-0.3, -0.25) is 19.8 Å². The van der Waals surface area contributed by atoms with Crippen molar-refractivity contribution in [1.82, 2.24) is 15.1 Å². The average molecular weight is 263 g/mol. The maximum atomic E-state index is 11.9. The number of nitrogens with zero attached hydrogens (tertiary/aromatic N) is 2. The number of imide groups is 1. The Hall–Kier alpha value is -0.940. The topological polar surface area (TPSA) is 52.6 Å². The summed E-state index contributed by atoms with van der Waals surface area (Å²) in [6.07, 6.45) is 4.27. The predicted octanol–water partition coefficient (Wildman–Crippen LogP) is -0.181. The molecule has 4 aliphatic rings. The van der Waals surface area contributed by atoms with Crippen LogP contribution < -0.4 is 5.32 Å². The lowest BCUT2D eigenvalue weighted by molar-refractivity contribution is -0.126. The molecule has 0 aromatic carbocycles. The molecular weight excluding hydrogens is 242 g/mol. The van der Waals surface area contributed by atoms with Gasteiger partial charge in [-0.25, -0.2) is 0 Å². The Labute approximate surface area is 113 Å². The van der Waals surface area contributed by atoms with Crippen molar-refractivity contribution in [2.45, 2.75) is 31.7 Å². The van der Waals surface area contributed by atoms with Gasteiger partial charge >= 0.3 is 0 Å². The van der Waals surface area contributed by atoms with Crippen LogP contribution in [-0.4, -0.2) is 60.9 Å². The Morgan fingerprint density at radius 2 is 1.74 bits per heavy atom. The second-order valence-electron chi connectivity index (χ2n) is 7.12. The van der Waals surface area contributed by atoms with Gasteiger partial charge in [-0.15, -0.1) is 0 Å². The molecule has 4 fully saturated rings. The summed E-state index contributed by atoms with van der Waals surface area (Å²) in [5.74, 6) is -0.187. The van der Waals surface area contributed by atoms with Gasteiger partial charge in [-0.05, 0) is 19.9 Å². The molecule has 3 aliphatic heterocycles. The quantitative estimate of drug-likeness (QED) is 0.667. The van der Waals surface area contributed by atoms with E-state index in [0.717, 1.165) is 26.2 Å². The first-order valence-electron chi connectivity index (χ1n) is 7.30. The summed E-state index contributed by atoms with van der Waals surface area (Å²) >= 11 is 0. The van der Waals surface area contributed by atoms with Crippen LogP contribution in [0.25, 0.3) is 0 Å². The molecule has 19 heavy (non-hydrogen) atoms. The molecule has 3 heterocycles. The summed E-state index contributed by atoms with van der Waals surface area (Å²) in [6.45, 7) is 4.32. The number of likely N-dealkylation sites (tertiary alicyclic amines) is 2. The van der Waals surface area contributed by atoms with Crippen LogP contribution in [0.15, 0.2) is 0 Å². The standard InChI is InChI=1S/C14H21N3O2/c1-16-6-13-3-2-4-14(13,7-16)9-17(8-13)10-5-11(18)15-12(10)19/h10H,2-9H2,1H3,(H,15,18,19). The highest BCUT2D eigenvalue weighted by Crippen LogP contribution is 2.61. The third kappa shape index (κ3) is 1.43. The molecule has 1 saturated carbocycles. The predicted molar refractivity (Wildman–Crippen MR) is 69.3 cm³/mol. The van der Waals surface area contributed by atoms with Crippen molar-refractivity contribution in [3.8, 4) is 0 Å². The van der Waals surface area contributed by atoms with E-state index in [9.17, 15) is 9.59 Å². The smallest absolute Gasteiger partial charge is 0.244 e. The molecule has 0 aromatic heterocycles. The fourth-order valence-electron chi connectivity index (χ4n) is 5.36. The van der Waals surface area contributed by atoms with E-state index in [1.807, 2.05) is 0 Å². The third-order valence-corrected chi connectivity index (χ3v) is 5.98. The zero-order valence-electron chi connectivity index (χ0n) is 11.4. The van der Waals surface area contributed by atoms with E-state index in [1.54, 1.807) is 0 Å². The van der Waals surface area contributed by atoms with E-state index in [-0.39, 0.29) is 17.9 Å². The van der Waals surface area contributed by atoms with Gasteiger partial charge in [0, 0.05) is 37.0 Å². The molecule has 5 nitrogen and oxygen atoms in total. The van der Waals surface area contributed by atoms with E-state index in [1.165, 1.54) is 19.3 Å². The Morgan fingerprint density at radius 1 is 1.11 bits per heavy atom. The second-order valence-corrected chi connectivity index (χ2v) is 7.12. The van der Waals surface area contributed by atoms with Gasteiger partial charge in [0.15, 0.2) is 0 Å². The first kappa shape index (κ1) is 11.9. The monoisotopic (exact) mass is 263 g/mol. The van der Waals surface area contributed by atoms with Crippen molar-refractivity contribution >= 4 is 11.8 Å². The molecule has 0 bridgehead atoms. The maximum absolute atomic E-state index is 11.9. The van der Waals surface area contributed by atoms with Crippen LogP contribution in [-0.2, 0) is 9.59 Å². The molecule has 104 valence electrons. The Morgan fingerprint density at radius 3 is 2.26 bits per heavy atom. The molecule has 1 aliphatic carbocycles. The van der Waals surface area contributed by atoms with Gasteiger partial charge < -0.3 is 4.90 Å². The minimum absolute atomic E-state index is 0.0794. The van der Waals surface area contributed by atoms with Crippen molar-refractivity contribution in [1.29, 1.82) is 0 Å². The van der Waals surface area contributed by atoms with E-state index in [0.29, 0.717) is 17.3 Å². The average Bonchev–Trinajstić information content (AvgIpc) is 2.90. The van der Waals surface area contributed by atoms with Crippen molar-refractivity contribution in [3.63, 3.8) is 0 Å². The van der Waals surface area contributed by atoms with Crippen molar-refractivity contribution in [2.24, 2.45) is 10.8 Å². The molecule has 3 saturated heterocycles. The highest BCUT2D eigenvalue weighted by molar-refractivity contribution is 6.05. The molecule has 5 heteroatoms. The van der Waals surface area contributed by atoms with Crippen molar-refractivity contribution in [3.05, 3.63) is 0 Å². The van der Waals surface area contributed by atoms with Gasteiger partial charge in [-0.2, -0.15) is 0 Å². The highest BCUT2D eigenvalue weighted by Gasteiger charge is 2.65.